The van der Waals surface area contributed by atoms with Gasteiger partial charge >= 0.3 is 0 Å². The molecule has 1 unspecified atom stereocenters. The highest BCUT2D eigenvalue weighted by Crippen LogP contribution is 2.15. The van der Waals surface area contributed by atoms with Gasteiger partial charge in [0.25, 0.3) is 0 Å². The zero-order chi connectivity index (χ0) is 20.2. The van der Waals surface area contributed by atoms with Crippen LogP contribution in [0.4, 0.5) is 0 Å². The lowest BCUT2D eigenvalue weighted by molar-refractivity contribution is -0.147. The fraction of sp³-hybridized carbons (Fsp3) is 0.571. The number of aliphatic imine (C=N–C) groups is 1. The topological polar surface area (TPSA) is 83.0 Å². The smallest absolute Gasteiger partial charge is 0.229 e. The van der Waals surface area contributed by atoms with Gasteiger partial charge in [-0.1, -0.05) is 30.3 Å². The van der Waals surface area contributed by atoms with Crippen molar-refractivity contribution in [3.05, 3.63) is 35.9 Å². The summed E-state index contributed by atoms with van der Waals surface area (Å²) in [5.41, 5.74) is 1.17. The van der Waals surface area contributed by atoms with Crippen molar-refractivity contribution in [2.75, 3.05) is 32.8 Å². The summed E-state index contributed by atoms with van der Waals surface area (Å²) in [5, 5.41) is 6.36. The molecular formula is C21H32N4O3. The van der Waals surface area contributed by atoms with Gasteiger partial charge in [-0.25, -0.2) is 0 Å². The van der Waals surface area contributed by atoms with Gasteiger partial charge in [0, 0.05) is 45.6 Å². The van der Waals surface area contributed by atoms with Crippen molar-refractivity contribution < 1.29 is 14.3 Å². The van der Waals surface area contributed by atoms with Gasteiger partial charge in [-0.05, 0) is 32.3 Å². The number of nitrogens with zero attached hydrogens (tertiary/aromatic N) is 2. The van der Waals surface area contributed by atoms with Gasteiger partial charge in [0.1, 0.15) is 0 Å². The molecule has 154 valence electrons. The van der Waals surface area contributed by atoms with Gasteiger partial charge in [0.2, 0.25) is 11.8 Å². The van der Waals surface area contributed by atoms with E-state index in [1.54, 1.807) is 0 Å². The molecule has 0 bridgehead atoms. The van der Waals surface area contributed by atoms with E-state index >= 15 is 0 Å². The SMILES string of the molecule is CCNC(=NCCCOC(C)c1ccccc1)NCCN1C(=O)CCCC1=O. The van der Waals surface area contributed by atoms with E-state index < -0.39 is 0 Å². The maximum absolute atomic E-state index is 11.8. The molecule has 1 heterocycles. The van der Waals surface area contributed by atoms with Crippen molar-refractivity contribution >= 4 is 17.8 Å². The highest BCUT2D eigenvalue weighted by atomic mass is 16.5. The van der Waals surface area contributed by atoms with Gasteiger partial charge in [-0.3, -0.25) is 19.5 Å². The number of nitrogens with one attached hydrogen (secondary N) is 2. The molecule has 0 saturated carbocycles. The molecule has 0 spiro atoms. The summed E-state index contributed by atoms with van der Waals surface area (Å²) in [7, 11) is 0. The van der Waals surface area contributed by atoms with Crippen LogP contribution < -0.4 is 10.6 Å². The van der Waals surface area contributed by atoms with E-state index in [4.69, 9.17) is 4.74 Å². The maximum atomic E-state index is 11.8. The van der Waals surface area contributed by atoms with Crippen LogP contribution in [0.1, 0.15) is 51.2 Å². The minimum atomic E-state index is -0.0790. The van der Waals surface area contributed by atoms with Crippen LogP contribution in [0.15, 0.2) is 35.3 Å². The molecular weight excluding hydrogens is 356 g/mol. The van der Waals surface area contributed by atoms with Crippen molar-refractivity contribution in [2.24, 2.45) is 4.99 Å². The molecule has 2 rings (SSSR count). The number of hydrogen-bond acceptors (Lipinski definition) is 4. The molecule has 0 aliphatic carbocycles. The first kappa shape index (κ1) is 21.9. The van der Waals surface area contributed by atoms with Crippen molar-refractivity contribution in [1.82, 2.24) is 15.5 Å². The third-order valence-electron chi connectivity index (χ3n) is 4.56. The quantitative estimate of drug-likeness (QED) is 0.278. The van der Waals surface area contributed by atoms with E-state index in [1.165, 1.54) is 10.5 Å². The number of benzene rings is 1. The minimum Gasteiger partial charge on any atom is -0.374 e. The van der Waals surface area contributed by atoms with Gasteiger partial charge in [0.05, 0.1) is 6.10 Å². The zero-order valence-corrected chi connectivity index (χ0v) is 16.9. The van der Waals surface area contributed by atoms with Crippen molar-refractivity contribution in [2.45, 2.75) is 45.6 Å². The Morgan fingerprint density at radius 2 is 1.89 bits per heavy atom. The first-order valence-electron chi connectivity index (χ1n) is 10.1. The molecule has 0 radical (unpaired) electrons. The number of ether oxygens (including phenoxy) is 1. The summed E-state index contributed by atoms with van der Waals surface area (Å²) in [4.78, 5) is 29.5. The highest BCUT2D eigenvalue weighted by molar-refractivity contribution is 5.97. The molecule has 28 heavy (non-hydrogen) atoms. The van der Waals surface area contributed by atoms with Gasteiger partial charge in [-0.15, -0.1) is 0 Å². The second-order valence-electron chi connectivity index (χ2n) is 6.76. The summed E-state index contributed by atoms with van der Waals surface area (Å²) in [6, 6.07) is 10.1. The summed E-state index contributed by atoms with van der Waals surface area (Å²) in [5.74, 6) is 0.532. The number of imide groups is 1. The monoisotopic (exact) mass is 388 g/mol. The molecule has 2 amide bonds. The number of amides is 2. The van der Waals surface area contributed by atoms with Crippen molar-refractivity contribution in [3.63, 3.8) is 0 Å². The fourth-order valence-corrected chi connectivity index (χ4v) is 3.01. The van der Waals surface area contributed by atoms with Crippen LogP contribution in [-0.2, 0) is 14.3 Å². The summed E-state index contributed by atoms with van der Waals surface area (Å²) < 4.78 is 5.86. The van der Waals surface area contributed by atoms with E-state index in [0.717, 1.165) is 13.0 Å². The standard InChI is InChI=1S/C21H32N4O3/c1-3-22-21(24-14-15-25-19(26)11-7-12-20(25)27)23-13-8-16-28-17(2)18-9-5-4-6-10-18/h4-6,9-10,17H,3,7-8,11-16H2,1-2H3,(H2,22,23,24). The Hall–Kier alpha value is -2.41. The third-order valence-corrected chi connectivity index (χ3v) is 4.56. The molecule has 1 saturated heterocycles. The normalized spacial score (nSPS) is 16.2. The maximum Gasteiger partial charge on any atom is 0.229 e. The Kier molecular flexibility index (Phi) is 9.48. The lowest BCUT2D eigenvalue weighted by Crippen LogP contribution is -2.46. The Balaban J connectivity index is 1.68. The van der Waals surface area contributed by atoms with Crippen LogP contribution in [0, 0.1) is 0 Å². The Morgan fingerprint density at radius 1 is 1.18 bits per heavy atom. The first-order chi connectivity index (χ1) is 13.6. The molecule has 1 atom stereocenters. The van der Waals surface area contributed by atoms with Crippen LogP contribution in [0.3, 0.4) is 0 Å². The average molecular weight is 389 g/mol. The molecule has 1 aromatic rings. The molecule has 1 aromatic carbocycles. The van der Waals surface area contributed by atoms with Crippen molar-refractivity contribution in [1.29, 1.82) is 0 Å². The number of guanidine groups is 1. The largest absolute Gasteiger partial charge is 0.374 e. The molecule has 1 aliphatic rings. The van der Waals surface area contributed by atoms with Crippen LogP contribution in [0.25, 0.3) is 0 Å². The van der Waals surface area contributed by atoms with Crippen LogP contribution in [0.5, 0.6) is 0 Å². The Labute approximate surface area is 167 Å². The summed E-state index contributed by atoms with van der Waals surface area (Å²) in [6.07, 6.45) is 2.46. The van der Waals surface area contributed by atoms with Gasteiger partial charge < -0.3 is 15.4 Å². The van der Waals surface area contributed by atoms with Gasteiger partial charge in [-0.2, -0.15) is 0 Å². The second-order valence-corrected chi connectivity index (χ2v) is 6.76. The Morgan fingerprint density at radius 3 is 2.57 bits per heavy atom. The molecule has 1 aliphatic heterocycles. The number of piperidine rings is 1. The lowest BCUT2D eigenvalue weighted by Gasteiger charge is -2.25. The van der Waals surface area contributed by atoms with Crippen LogP contribution in [0.2, 0.25) is 0 Å². The van der Waals surface area contributed by atoms with Crippen LogP contribution in [-0.4, -0.2) is 55.5 Å². The number of likely N-dealkylation sites (tertiary alicyclic amines) is 1. The average Bonchev–Trinajstić information content (AvgIpc) is 2.70. The molecule has 7 nitrogen and oxygen atoms in total. The van der Waals surface area contributed by atoms with E-state index in [-0.39, 0.29) is 17.9 Å². The molecule has 2 N–H and O–H groups in total. The number of rotatable bonds is 10. The zero-order valence-electron chi connectivity index (χ0n) is 16.9. The van der Waals surface area contributed by atoms with E-state index in [0.29, 0.717) is 51.5 Å². The fourth-order valence-electron chi connectivity index (χ4n) is 3.01. The third kappa shape index (κ3) is 7.31. The predicted molar refractivity (Wildman–Crippen MR) is 110 cm³/mol. The Bertz CT molecular complexity index is 632. The predicted octanol–water partition coefficient (Wildman–Crippen LogP) is 2.25. The lowest BCUT2D eigenvalue weighted by atomic mass is 10.1. The van der Waals surface area contributed by atoms with Crippen molar-refractivity contribution in [3.8, 4) is 0 Å². The summed E-state index contributed by atoms with van der Waals surface area (Å²) >= 11 is 0. The second kappa shape index (κ2) is 12.1. The number of hydrogen-bond donors (Lipinski definition) is 2. The van der Waals surface area contributed by atoms with Gasteiger partial charge in [0.15, 0.2) is 5.96 Å². The highest BCUT2D eigenvalue weighted by Gasteiger charge is 2.25. The molecule has 0 aromatic heterocycles. The van der Waals surface area contributed by atoms with E-state index in [9.17, 15) is 9.59 Å². The number of carbonyl (C=O) groups is 2. The molecule has 1 fully saturated rings. The number of carbonyl (C=O) groups excluding carboxylic acids is 2. The van der Waals surface area contributed by atoms with E-state index in [2.05, 4.69) is 27.8 Å². The summed E-state index contributed by atoms with van der Waals surface area (Å²) in [6.45, 7) is 6.93. The minimum absolute atomic E-state index is 0.0659. The molecule has 7 heteroatoms. The van der Waals surface area contributed by atoms with E-state index in [1.807, 2.05) is 32.0 Å². The van der Waals surface area contributed by atoms with Crippen LogP contribution >= 0.6 is 0 Å². The first-order valence-corrected chi connectivity index (χ1v) is 10.1.